The van der Waals surface area contributed by atoms with Gasteiger partial charge in [0.05, 0.1) is 0 Å². The summed E-state index contributed by atoms with van der Waals surface area (Å²) in [6, 6.07) is 0. The molecule has 0 aromatic carbocycles. The van der Waals surface area contributed by atoms with Crippen LogP contribution in [0.5, 0.6) is 0 Å². The molecular formula is C3H6BrI. The summed E-state index contributed by atoms with van der Waals surface area (Å²) in [6.45, 7) is 2.16. The van der Waals surface area contributed by atoms with Crippen LogP contribution in [-0.2, 0) is 0 Å². The Morgan fingerprint density at radius 2 is 2.20 bits per heavy atom. The first-order valence-corrected chi connectivity index (χ1v) is 3.84. The van der Waals surface area contributed by atoms with E-state index in [0.717, 1.165) is 9.25 Å². The minimum atomic E-state index is 0.771. The van der Waals surface area contributed by atoms with E-state index in [1.807, 2.05) is 0 Å². The largest absolute Gasteiger partial charge is 0.0917 e. The molecule has 5 heavy (non-hydrogen) atoms. The monoisotopic (exact) mass is 248 g/mol. The molecule has 0 aliphatic heterocycles. The molecule has 0 aliphatic carbocycles. The third kappa shape index (κ3) is 5.21. The molecule has 0 amide bonds. The van der Waals surface area contributed by atoms with Gasteiger partial charge >= 0.3 is 0 Å². The summed E-state index contributed by atoms with van der Waals surface area (Å²) < 4.78 is 0.771. The summed E-state index contributed by atoms with van der Waals surface area (Å²) in [6.07, 6.45) is 0. The van der Waals surface area contributed by atoms with Crippen LogP contribution in [0.25, 0.3) is 0 Å². The van der Waals surface area contributed by atoms with Gasteiger partial charge in [-0.3, -0.25) is 0 Å². The van der Waals surface area contributed by atoms with Crippen LogP contribution in [0.4, 0.5) is 0 Å². The average Bonchev–Trinajstić information content (AvgIpc) is 1.38. The van der Waals surface area contributed by atoms with Crippen molar-refractivity contribution in [1.29, 1.82) is 0 Å². The Balaban J connectivity index is 2.54. The topological polar surface area (TPSA) is 0 Å². The highest BCUT2D eigenvalue weighted by molar-refractivity contribution is 14.1. The molecule has 1 unspecified atom stereocenters. The van der Waals surface area contributed by atoms with Crippen LogP contribution in [0.3, 0.4) is 0 Å². The summed E-state index contributed by atoms with van der Waals surface area (Å²) in [5.41, 5.74) is 0. The molecule has 0 heterocycles. The van der Waals surface area contributed by atoms with E-state index in [0.29, 0.717) is 0 Å². The number of hydrogen-bond acceptors (Lipinski definition) is 0. The van der Waals surface area contributed by atoms with E-state index in [4.69, 9.17) is 0 Å². The van der Waals surface area contributed by atoms with Crippen LogP contribution in [0.2, 0.25) is 0 Å². The quantitative estimate of drug-likeness (QED) is 0.493. The fraction of sp³-hybridized carbons (Fsp3) is 1.00. The lowest BCUT2D eigenvalue weighted by molar-refractivity contribution is 1.19. The third-order valence-electron chi connectivity index (χ3n) is 0.213. The summed E-state index contributed by atoms with van der Waals surface area (Å²) in [5, 5.41) is 1.10. The highest BCUT2D eigenvalue weighted by Crippen LogP contribution is 2.00. The van der Waals surface area contributed by atoms with E-state index in [9.17, 15) is 0 Å². The van der Waals surface area contributed by atoms with Crippen LogP contribution < -0.4 is 0 Å². The SMILES string of the molecule is CC(I)CBr. The van der Waals surface area contributed by atoms with Gasteiger partial charge in [0.15, 0.2) is 0 Å². The summed E-state index contributed by atoms with van der Waals surface area (Å²) in [4.78, 5) is 0. The molecule has 0 bridgehead atoms. The molecule has 0 saturated heterocycles. The van der Waals surface area contributed by atoms with Gasteiger partial charge in [0.1, 0.15) is 0 Å². The van der Waals surface area contributed by atoms with E-state index in [2.05, 4.69) is 45.4 Å². The van der Waals surface area contributed by atoms with Gasteiger partial charge in [0.25, 0.3) is 0 Å². The zero-order chi connectivity index (χ0) is 4.28. The van der Waals surface area contributed by atoms with Crippen LogP contribution >= 0.6 is 38.5 Å². The molecule has 32 valence electrons. The first-order chi connectivity index (χ1) is 2.27. The average molecular weight is 249 g/mol. The lowest BCUT2D eigenvalue weighted by atomic mass is 10.6. The van der Waals surface area contributed by atoms with Gasteiger partial charge in [-0.25, -0.2) is 0 Å². The van der Waals surface area contributed by atoms with E-state index in [-0.39, 0.29) is 0 Å². The number of hydrogen-bond donors (Lipinski definition) is 0. The maximum Gasteiger partial charge on any atom is 0.0178 e. The Hall–Kier alpha value is 1.21. The first kappa shape index (κ1) is 6.21. The summed E-state index contributed by atoms with van der Waals surface area (Å²) in [5.74, 6) is 0. The van der Waals surface area contributed by atoms with Crippen molar-refractivity contribution >= 4 is 38.5 Å². The Kier molecular flexibility index (Phi) is 4.23. The lowest BCUT2D eigenvalue weighted by Crippen LogP contribution is -1.85. The standard InChI is InChI=1S/C3H6BrI/c1-3(5)2-4/h3H,2H2,1H3. The molecule has 0 nitrogen and oxygen atoms in total. The minimum absolute atomic E-state index is 0.771. The Morgan fingerprint density at radius 1 is 2.00 bits per heavy atom. The highest BCUT2D eigenvalue weighted by Gasteiger charge is 1.84. The van der Waals surface area contributed by atoms with E-state index in [1.54, 1.807) is 0 Å². The molecule has 0 spiro atoms. The maximum absolute atomic E-state index is 3.31. The summed E-state index contributed by atoms with van der Waals surface area (Å²) >= 11 is 5.67. The molecule has 2 heteroatoms. The highest BCUT2D eigenvalue weighted by atomic mass is 127. The van der Waals surface area contributed by atoms with Crippen molar-refractivity contribution in [2.45, 2.75) is 10.8 Å². The van der Waals surface area contributed by atoms with Crippen molar-refractivity contribution in [3.8, 4) is 0 Å². The normalized spacial score (nSPS) is 15.0. The third-order valence-corrected chi connectivity index (χ3v) is 2.83. The first-order valence-electron chi connectivity index (χ1n) is 1.47. The second-order valence-corrected chi connectivity index (χ2v) is 3.71. The van der Waals surface area contributed by atoms with Crippen LogP contribution in [-0.4, -0.2) is 9.25 Å². The van der Waals surface area contributed by atoms with Crippen LogP contribution in [0.15, 0.2) is 0 Å². The van der Waals surface area contributed by atoms with Gasteiger partial charge in [-0.05, 0) is 0 Å². The molecule has 0 radical (unpaired) electrons. The van der Waals surface area contributed by atoms with Gasteiger partial charge in [-0.2, -0.15) is 0 Å². The van der Waals surface area contributed by atoms with Gasteiger partial charge in [0, 0.05) is 9.25 Å². The van der Waals surface area contributed by atoms with Crippen LogP contribution in [0, 0.1) is 0 Å². The van der Waals surface area contributed by atoms with Gasteiger partial charge in [-0.1, -0.05) is 45.4 Å². The Bertz CT molecular complexity index is 20.9. The molecule has 0 rings (SSSR count). The maximum atomic E-state index is 3.31. The number of halogens is 2. The van der Waals surface area contributed by atoms with Crippen molar-refractivity contribution in [1.82, 2.24) is 0 Å². The number of rotatable bonds is 1. The molecule has 0 aliphatic rings. The molecule has 0 aromatic heterocycles. The predicted octanol–water partition coefficient (Wildman–Crippen LogP) is 2.20. The fourth-order valence-corrected chi connectivity index (χ4v) is 0. The molecular weight excluding hydrogens is 243 g/mol. The molecule has 0 N–H and O–H groups in total. The second kappa shape index (κ2) is 3.40. The van der Waals surface area contributed by atoms with Crippen molar-refractivity contribution in [3.05, 3.63) is 0 Å². The molecule has 0 fully saturated rings. The van der Waals surface area contributed by atoms with Crippen molar-refractivity contribution < 1.29 is 0 Å². The van der Waals surface area contributed by atoms with Crippen molar-refractivity contribution in [3.63, 3.8) is 0 Å². The second-order valence-electron chi connectivity index (χ2n) is 0.935. The smallest absolute Gasteiger partial charge is 0.0178 e. The van der Waals surface area contributed by atoms with Crippen LogP contribution in [0.1, 0.15) is 6.92 Å². The zero-order valence-electron chi connectivity index (χ0n) is 3.04. The van der Waals surface area contributed by atoms with Crippen molar-refractivity contribution in [2.75, 3.05) is 5.33 Å². The van der Waals surface area contributed by atoms with Gasteiger partial charge in [0.2, 0.25) is 0 Å². The molecule has 0 saturated carbocycles. The summed E-state index contributed by atoms with van der Waals surface area (Å²) in [7, 11) is 0. The van der Waals surface area contributed by atoms with E-state index in [1.165, 1.54) is 0 Å². The Morgan fingerprint density at radius 3 is 2.20 bits per heavy atom. The van der Waals surface area contributed by atoms with Gasteiger partial charge in [-0.15, -0.1) is 0 Å². The molecule has 1 atom stereocenters. The predicted molar refractivity (Wildman–Crippen MR) is 37.3 cm³/mol. The molecule has 0 aromatic rings. The van der Waals surface area contributed by atoms with Crippen molar-refractivity contribution in [2.24, 2.45) is 0 Å². The minimum Gasteiger partial charge on any atom is -0.0917 e. The van der Waals surface area contributed by atoms with E-state index >= 15 is 0 Å². The zero-order valence-corrected chi connectivity index (χ0v) is 6.78. The number of alkyl halides is 2. The fourth-order valence-electron chi connectivity index (χ4n) is 0. The lowest BCUT2D eigenvalue weighted by Gasteiger charge is -1.86. The van der Waals surface area contributed by atoms with E-state index < -0.39 is 0 Å². The Labute approximate surface area is 54.6 Å². The van der Waals surface area contributed by atoms with Gasteiger partial charge < -0.3 is 0 Å².